The van der Waals surface area contributed by atoms with Crippen molar-refractivity contribution in [1.82, 2.24) is 9.55 Å². The average molecular weight is 287 g/mol. The summed E-state index contributed by atoms with van der Waals surface area (Å²) in [7, 11) is 1.85. The molecule has 0 saturated heterocycles. The van der Waals surface area contributed by atoms with Crippen molar-refractivity contribution in [1.29, 1.82) is 0 Å². The van der Waals surface area contributed by atoms with Crippen molar-refractivity contribution >= 4 is 33.3 Å². The fourth-order valence-corrected chi connectivity index (χ4v) is 1.73. The van der Waals surface area contributed by atoms with Crippen LogP contribution in [0, 0.1) is 0 Å². The fraction of sp³-hybridized carbons (Fsp3) is 0.100. The third-order valence-electron chi connectivity index (χ3n) is 2.18. The van der Waals surface area contributed by atoms with Crippen LogP contribution in [0.3, 0.4) is 0 Å². The fourth-order valence-electron chi connectivity index (χ4n) is 1.31. The predicted octanol–water partition coefficient (Wildman–Crippen LogP) is 3.09. The molecule has 0 spiro atoms. The van der Waals surface area contributed by atoms with Crippen molar-refractivity contribution < 1.29 is 0 Å². The quantitative estimate of drug-likeness (QED) is 0.875. The molecule has 2 aromatic rings. The third kappa shape index (κ3) is 1.87. The summed E-state index contributed by atoms with van der Waals surface area (Å²) in [6.07, 6.45) is 1.68. The van der Waals surface area contributed by atoms with Crippen LogP contribution in [0.2, 0.25) is 5.02 Å². The number of imidazole rings is 1. The van der Waals surface area contributed by atoms with Gasteiger partial charge in [-0.15, -0.1) is 0 Å². The molecule has 1 aromatic heterocycles. The first-order valence-corrected chi connectivity index (χ1v) is 5.49. The summed E-state index contributed by atoms with van der Waals surface area (Å²) in [6, 6.07) is 5.64. The molecule has 1 heterocycles. The Morgan fingerprint density at radius 2 is 2.20 bits per heavy atom. The van der Waals surface area contributed by atoms with Crippen molar-refractivity contribution in [2.24, 2.45) is 7.05 Å². The second kappa shape index (κ2) is 3.87. The van der Waals surface area contributed by atoms with Gasteiger partial charge in [0.2, 0.25) is 0 Å². The summed E-state index contributed by atoms with van der Waals surface area (Å²) in [5, 5.41) is 0.651. The van der Waals surface area contributed by atoms with Gasteiger partial charge in [-0.3, -0.25) is 0 Å². The second-order valence-corrected chi connectivity index (χ2v) is 4.48. The van der Waals surface area contributed by atoms with Crippen LogP contribution < -0.4 is 5.73 Å². The van der Waals surface area contributed by atoms with E-state index in [0.29, 0.717) is 10.8 Å². The smallest absolute Gasteiger partial charge is 0.131 e. The van der Waals surface area contributed by atoms with E-state index in [0.717, 1.165) is 15.7 Å². The van der Waals surface area contributed by atoms with E-state index in [1.54, 1.807) is 10.9 Å². The maximum absolute atomic E-state index is 6.00. The number of hydrogen-bond donors (Lipinski definition) is 1. The number of halogens is 2. The number of nitrogens with zero attached hydrogens (tertiary/aromatic N) is 2. The number of aromatic nitrogens is 2. The van der Waals surface area contributed by atoms with E-state index in [1.807, 2.05) is 25.2 Å². The molecule has 0 aliphatic carbocycles. The molecule has 0 bridgehead atoms. The Kier molecular flexibility index (Phi) is 2.71. The van der Waals surface area contributed by atoms with Crippen molar-refractivity contribution in [2.75, 3.05) is 5.73 Å². The van der Waals surface area contributed by atoms with Gasteiger partial charge in [-0.25, -0.2) is 4.98 Å². The SMILES string of the molecule is Cn1cnc(-c2ccc(Br)c(Cl)c2)c1N. The van der Waals surface area contributed by atoms with Crippen LogP contribution in [0.15, 0.2) is 29.0 Å². The van der Waals surface area contributed by atoms with Crippen molar-refractivity contribution in [2.45, 2.75) is 0 Å². The van der Waals surface area contributed by atoms with Crippen LogP contribution in [0.1, 0.15) is 0 Å². The highest BCUT2D eigenvalue weighted by atomic mass is 79.9. The average Bonchev–Trinajstić information content (AvgIpc) is 2.53. The first-order valence-electron chi connectivity index (χ1n) is 4.32. The molecule has 2 N–H and O–H groups in total. The molecule has 2 rings (SSSR count). The largest absolute Gasteiger partial charge is 0.383 e. The number of aryl methyl sites for hydroxylation is 1. The van der Waals surface area contributed by atoms with Crippen molar-refractivity contribution in [3.8, 4) is 11.3 Å². The minimum absolute atomic E-state index is 0.633. The van der Waals surface area contributed by atoms with E-state index in [4.69, 9.17) is 17.3 Å². The van der Waals surface area contributed by atoms with E-state index in [1.165, 1.54) is 0 Å². The Balaban J connectivity index is 2.55. The molecule has 3 nitrogen and oxygen atoms in total. The van der Waals surface area contributed by atoms with Gasteiger partial charge < -0.3 is 10.3 Å². The molecular formula is C10H9BrClN3. The van der Waals surface area contributed by atoms with E-state index < -0.39 is 0 Å². The van der Waals surface area contributed by atoms with E-state index >= 15 is 0 Å². The van der Waals surface area contributed by atoms with Crippen molar-refractivity contribution in [3.63, 3.8) is 0 Å². The van der Waals surface area contributed by atoms with Gasteiger partial charge >= 0.3 is 0 Å². The third-order valence-corrected chi connectivity index (χ3v) is 3.41. The Bertz CT molecular complexity index is 507. The molecule has 0 atom stereocenters. The number of nitrogens with two attached hydrogens (primary N) is 1. The summed E-state index contributed by atoms with van der Waals surface area (Å²) in [6.45, 7) is 0. The van der Waals surface area contributed by atoms with E-state index in [9.17, 15) is 0 Å². The lowest BCUT2D eigenvalue weighted by molar-refractivity contribution is 0.925. The minimum atomic E-state index is 0.633. The molecule has 0 aliphatic heterocycles. The van der Waals surface area contributed by atoms with Crippen LogP contribution in [0.4, 0.5) is 5.82 Å². The molecule has 0 saturated carbocycles. The van der Waals surface area contributed by atoms with Gasteiger partial charge in [0.1, 0.15) is 11.5 Å². The Morgan fingerprint density at radius 3 is 2.73 bits per heavy atom. The molecule has 5 heteroatoms. The lowest BCUT2D eigenvalue weighted by atomic mass is 10.1. The number of hydrogen-bond acceptors (Lipinski definition) is 2. The van der Waals surface area contributed by atoms with Crippen LogP contribution in [-0.2, 0) is 7.05 Å². The van der Waals surface area contributed by atoms with Gasteiger partial charge in [0.25, 0.3) is 0 Å². The highest BCUT2D eigenvalue weighted by Gasteiger charge is 2.09. The van der Waals surface area contributed by atoms with Gasteiger partial charge in [-0.05, 0) is 28.1 Å². The van der Waals surface area contributed by atoms with Gasteiger partial charge in [-0.2, -0.15) is 0 Å². The monoisotopic (exact) mass is 285 g/mol. The molecule has 1 aromatic carbocycles. The molecule has 0 unspecified atom stereocenters. The van der Waals surface area contributed by atoms with Crippen LogP contribution >= 0.6 is 27.5 Å². The normalized spacial score (nSPS) is 10.6. The Morgan fingerprint density at radius 1 is 1.47 bits per heavy atom. The van der Waals surface area contributed by atoms with Gasteiger partial charge in [-0.1, -0.05) is 17.7 Å². The zero-order chi connectivity index (χ0) is 11.0. The summed E-state index contributed by atoms with van der Waals surface area (Å²) in [5.41, 5.74) is 7.54. The molecule has 0 aliphatic rings. The second-order valence-electron chi connectivity index (χ2n) is 3.22. The predicted molar refractivity (Wildman–Crippen MR) is 65.8 cm³/mol. The van der Waals surface area contributed by atoms with Gasteiger partial charge in [0, 0.05) is 17.1 Å². The van der Waals surface area contributed by atoms with E-state index in [2.05, 4.69) is 20.9 Å². The first-order chi connectivity index (χ1) is 7.09. The summed E-state index contributed by atoms with van der Waals surface area (Å²) >= 11 is 9.34. The summed E-state index contributed by atoms with van der Waals surface area (Å²) in [4.78, 5) is 4.22. The lowest BCUT2D eigenvalue weighted by Gasteiger charge is -2.02. The minimum Gasteiger partial charge on any atom is -0.383 e. The standard InChI is InChI=1S/C10H9BrClN3/c1-15-5-14-9(10(15)13)6-2-3-7(11)8(12)4-6/h2-5H,13H2,1H3. The van der Waals surface area contributed by atoms with Crippen LogP contribution in [0.25, 0.3) is 11.3 Å². The Labute approximate surface area is 101 Å². The summed E-state index contributed by atoms with van der Waals surface area (Å²) < 4.78 is 2.63. The number of benzene rings is 1. The zero-order valence-electron chi connectivity index (χ0n) is 8.04. The molecule has 0 fully saturated rings. The van der Waals surface area contributed by atoms with Crippen LogP contribution in [-0.4, -0.2) is 9.55 Å². The van der Waals surface area contributed by atoms with Gasteiger partial charge in [0.05, 0.1) is 11.3 Å². The van der Waals surface area contributed by atoms with E-state index in [-0.39, 0.29) is 0 Å². The molecular weight excluding hydrogens is 277 g/mol. The highest BCUT2D eigenvalue weighted by Crippen LogP contribution is 2.30. The topological polar surface area (TPSA) is 43.8 Å². The molecule has 0 radical (unpaired) electrons. The van der Waals surface area contributed by atoms with Gasteiger partial charge in [0.15, 0.2) is 0 Å². The Hall–Kier alpha value is -1.00. The zero-order valence-corrected chi connectivity index (χ0v) is 10.4. The molecule has 0 amide bonds. The maximum atomic E-state index is 6.00. The number of nitrogen functional groups attached to an aromatic ring is 1. The summed E-state index contributed by atoms with van der Waals surface area (Å²) in [5.74, 6) is 0.633. The molecule has 15 heavy (non-hydrogen) atoms. The van der Waals surface area contributed by atoms with Crippen molar-refractivity contribution in [3.05, 3.63) is 34.0 Å². The van der Waals surface area contributed by atoms with Crippen LogP contribution in [0.5, 0.6) is 0 Å². The maximum Gasteiger partial charge on any atom is 0.131 e. The number of rotatable bonds is 1. The lowest BCUT2D eigenvalue weighted by Crippen LogP contribution is -1.95. The first kappa shape index (κ1) is 10.5. The highest BCUT2D eigenvalue weighted by molar-refractivity contribution is 9.10. The number of anilines is 1. The molecule has 78 valence electrons.